The Balaban J connectivity index is 0.00000306. The molecular formula is C25H40IN5O2. The molecule has 3 fully saturated rings. The standard InChI is InChI=1S/C25H39N5O2.HI/c1-26-25(27-19-22-11-18-32-24(22)21-9-5-4-6-10-21)30-16-14-28(15-17-30)20-23(31)29-12-7-2-3-8-13-29;/h4-6,9-10,22,24H,2-3,7-8,11-20H2,1H3,(H,26,27);1H. The van der Waals surface area contributed by atoms with E-state index in [-0.39, 0.29) is 30.1 Å². The third-order valence-corrected chi connectivity index (χ3v) is 7.07. The monoisotopic (exact) mass is 569 g/mol. The minimum atomic E-state index is 0. The normalized spacial score (nSPS) is 24.8. The Morgan fingerprint density at radius 3 is 2.36 bits per heavy atom. The van der Waals surface area contributed by atoms with E-state index in [0.29, 0.717) is 18.4 Å². The first-order valence-electron chi connectivity index (χ1n) is 12.4. The second-order valence-corrected chi connectivity index (χ2v) is 9.24. The number of carbonyl (C=O) groups is 1. The number of halogens is 1. The number of aliphatic imine (C=N–C) groups is 1. The van der Waals surface area contributed by atoms with E-state index in [4.69, 9.17) is 4.74 Å². The predicted molar refractivity (Wildman–Crippen MR) is 143 cm³/mol. The van der Waals surface area contributed by atoms with Crippen LogP contribution in [0.3, 0.4) is 0 Å². The van der Waals surface area contributed by atoms with Crippen molar-refractivity contribution < 1.29 is 9.53 Å². The van der Waals surface area contributed by atoms with E-state index in [1.54, 1.807) is 0 Å². The first kappa shape index (κ1) is 26.2. The fourth-order valence-corrected chi connectivity index (χ4v) is 5.14. The highest BCUT2D eigenvalue weighted by Crippen LogP contribution is 2.33. The number of benzene rings is 1. The molecule has 3 heterocycles. The minimum Gasteiger partial charge on any atom is -0.373 e. The second-order valence-electron chi connectivity index (χ2n) is 9.24. The van der Waals surface area contributed by atoms with Crippen molar-refractivity contribution in [1.82, 2.24) is 20.0 Å². The van der Waals surface area contributed by atoms with E-state index >= 15 is 0 Å². The van der Waals surface area contributed by atoms with Crippen LogP contribution in [0.5, 0.6) is 0 Å². The van der Waals surface area contributed by atoms with E-state index in [9.17, 15) is 4.79 Å². The maximum absolute atomic E-state index is 12.7. The molecule has 4 rings (SSSR count). The summed E-state index contributed by atoms with van der Waals surface area (Å²) < 4.78 is 6.04. The van der Waals surface area contributed by atoms with Gasteiger partial charge in [-0.25, -0.2) is 0 Å². The molecule has 0 radical (unpaired) electrons. The molecule has 33 heavy (non-hydrogen) atoms. The van der Waals surface area contributed by atoms with Gasteiger partial charge in [0.25, 0.3) is 0 Å². The van der Waals surface area contributed by atoms with Crippen LogP contribution in [0, 0.1) is 5.92 Å². The van der Waals surface area contributed by atoms with Crippen molar-refractivity contribution in [2.45, 2.75) is 38.2 Å². The average Bonchev–Trinajstić information content (AvgIpc) is 3.13. The van der Waals surface area contributed by atoms with Gasteiger partial charge in [0.2, 0.25) is 5.91 Å². The Bertz CT molecular complexity index is 746. The Labute approximate surface area is 215 Å². The quantitative estimate of drug-likeness (QED) is 0.336. The molecule has 1 aromatic rings. The fraction of sp³-hybridized carbons (Fsp3) is 0.680. The Morgan fingerprint density at radius 2 is 1.70 bits per heavy atom. The Kier molecular flexibility index (Phi) is 10.7. The summed E-state index contributed by atoms with van der Waals surface area (Å²) in [7, 11) is 1.86. The number of ether oxygens (including phenoxy) is 1. The highest BCUT2D eigenvalue weighted by Gasteiger charge is 2.30. The number of piperazine rings is 1. The molecular weight excluding hydrogens is 529 g/mol. The zero-order chi connectivity index (χ0) is 22.2. The van der Waals surface area contributed by atoms with Crippen LogP contribution in [-0.4, -0.2) is 92.6 Å². The van der Waals surface area contributed by atoms with Crippen LogP contribution >= 0.6 is 24.0 Å². The van der Waals surface area contributed by atoms with Gasteiger partial charge in [-0.1, -0.05) is 43.2 Å². The van der Waals surface area contributed by atoms with Gasteiger partial charge < -0.3 is 19.9 Å². The number of hydrogen-bond acceptors (Lipinski definition) is 4. The molecule has 1 N–H and O–H groups in total. The summed E-state index contributed by atoms with van der Waals surface area (Å²) in [6.45, 7) is 7.70. The van der Waals surface area contributed by atoms with Crippen molar-refractivity contribution in [3.05, 3.63) is 35.9 Å². The number of guanidine groups is 1. The number of likely N-dealkylation sites (tertiary alicyclic amines) is 1. The summed E-state index contributed by atoms with van der Waals surface area (Å²) in [4.78, 5) is 23.9. The van der Waals surface area contributed by atoms with Crippen molar-refractivity contribution in [3.63, 3.8) is 0 Å². The summed E-state index contributed by atoms with van der Waals surface area (Å²) in [5.74, 6) is 1.71. The lowest BCUT2D eigenvalue weighted by Gasteiger charge is -2.37. The molecule has 7 nitrogen and oxygen atoms in total. The number of rotatable bonds is 5. The lowest BCUT2D eigenvalue weighted by atomic mass is 9.95. The van der Waals surface area contributed by atoms with Crippen LogP contribution in [0.4, 0.5) is 0 Å². The molecule has 3 aliphatic rings. The molecule has 1 amide bonds. The lowest BCUT2D eigenvalue weighted by molar-refractivity contribution is -0.132. The maximum atomic E-state index is 12.7. The highest BCUT2D eigenvalue weighted by molar-refractivity contribution is 14.0. The molecule has 0 aliphatic carbocycles. The second kappa shape index (κ2) is 13.5. The average molecular weight is 570 g/mol. The number of nitrogens with one attached hydrogen (secondary N) is 1. The topological polar surface area (TPSA) is 60.4 Å². The molecule has 184 valence electrons. The van der Waals surface area contributed by atoms with Gasteiger partial charge in [0, 0.05) is 65.4 Å². The van der Waals surface area contributed by atoms with Crippen molar-refractivity contribution >= 4 is 35.8 Å². The molecule has 0 spiro atoms. The van der Waals surface area contributed by atoms with E-state index in [1.165, 1.54) is 18.4 Å². The largest absolute Gasteiger partial charge is 0.373 e. The predicted octanol–water partition coefficient (Wildman–Crippen LogP) is 2.98. The number of nitrogens with zero attached hydrogens (tertiary/aromatic N) is 4. The van der Waals surface area contributed by atoms with E-state index in [0.717, 1.165) is 77.6 Å². The first-order valence-corrected chi connectivity index (χ1v) is 12.4. The summed E-state index contributed by atoms with van der Waals surface area (Å²) in [5, 5.41) is 3.60. The smallest absolute Gasteiger partial charge is 0.236 e. The van der Waals surface area contributed by atoms with Gasteiger partial charge in [-0.15, -0.1) is 24.0 Å². The molecule has 2 unspecified atom stereocenters. The van der Waals surface area contributed by atoms with Crippen LogP contribution in [0.1, 0.15) is 43.8 Å². The summed E-state index contributed by atoms with van der Waals surface area (Å²) in [6.07, 6.45) is 6.04. The SMILES string of the molecule is CN=C(NCC1CCOC1c1ccccc1)N1CCN(CC(=O)N2CCCCCC2)CC1.I. The molecule has 0 bridgehead atoms. The number of carbonyl (C=O) groups excluding carboxylic acids is 1. The van der Waals surface area contributed by atoms with E-state index in [1.807, 2.05) is 7.05 Å². The van der Waals surface area contributed by atoms with Gasteiger partial charge in [0.1, 0.15) is 0 Å². The van der Waals surface area contributed by atoms with Crippen molar-refractivity contribution in [2.24, 2.45) is 10.9 Å². The maximum Gasteiger partial charge on any atom is 0.236 e. The molecule has 3 saturated heterocycles. The summed E-state index contributed by atoms with van der Waals surface area (Å²) in [5.41, 5.74) is 1.26. The van der Waals surface area contributed by atoms with Crippen molar-refractivity contribution in [3.8, 4) is 0 Å². The molecule has 3 aliphatic heterocycles. The van der Waals surface area contributed by atoms with Crippen LogP contribution in [-0.2, 0) is 9.53 Å². The minimum absolute atomic E-state index is 0. The molecule has 0 saturated carbocycles. The lowest BCUT2D eigenvalue weighted by Crippen LogP contribution is -2.54. The van der Waals surface area contributed by atoms with Crippen LogP contribution < -0.4 is 5.32 Å². The zero-order valence-corrected chi connectivity index (χ0v) is 22.3. The third kappa shape index (κ3) is 7.29. The highest BCUT2D eigenvalue weighted by atomic mass is 127. The van der Waals surface area contributed by atoms with Crippen LogP contribution in [0.2, 0.25) is 0 Å². The van der Waals surface area contributed by atoms with Crippen LogP contribution in [0.25, 0.3) is 0 Å². The summed E-state index contributed by atoms with van der Waals surface area (Å²) >= 11 is 0. The first-order chi connectivity index (χ1) is 15.7. The van der Waals surface area contributed by atoms with Gasteiger partial charge in [0.15, 0.2) is 5.96 Å². The molecule has 1 aromatic carbocycles. The van der Waals surface area contributed by atoms with Gasteiger partial charge in [-0.2, -0.15) is 0 Å². The number of hydrogen-bond donors (Lipinski definition) is 1. The van der Waals surface area contributed by atoms with E-state index < -0.39 is 0 Å². The summed E-state index contributed by atoms with van der Waals surface area (Å²) in [6, 6.07) is 10.5. The third-order valence-electron chi connectivity index (χ3n) is 7.07. The molecule has 8 heteroatoms. The van der Waals surface area contributed by atoms with Gasteiger partial charge in [-0.3, -0.25) is 14.7 Å². The van der Waals surface area contributed by atoms with Gasteiger partial charge in [-0.05, 0) is 24.8 Å². The number of amides is 1. The van der Waals surface area contributed by atoms with Crippen molar-refractivity contribution in [2.75, 3.05) is 66.0 Å². The van der Waals surface area contributed by atoms with Gasteiger partial charge >= 0.3 is 0 Å². The molecule has 2 atom stereocenters. The Hall–Kier alpha value is -1.39. The molecule has 0 aromatic heterocycles. The van der Waals surface area contributed by atoms with E-state index in [2.05, 4.69) is 55.3 Å². The Morgan fingerprint density at radius 1 is 1.00 bits per heavy atom. The van der Waals surface area contributed by atoms with Crippen LogP contribution in [0.15, 0.2) is 35.3 Å². The zero-order valence-electron chi connectivity index (χ0n) is 20.0. The fourth-order valence-electron chi connectivity index (χ4n) is 5.14. The van der Waals surface area contributed by atoms with Crippen molar-refractivity contribution in [1.29, 1.82) is 0 Å². The van der Waals surface area contributed by atoms with Gasteiger partial charge in [0.05, 0.1) is 12.6 Å².